The number of alkyl carbamates (subject to hydrolysis) is 1. The number of carboxylic acid groups (broad SMARTS) is 1. The monoisotopic (exact) mass is 458 g/mol. The van der Waals surface area contributed by atoms with Crippen LogP contribution in [0.25, 0.3) is 11.1 Å². The van der Waals surface area contributed by atoms with E-state index >= 15 is 0 Å². The van der Waals surface area contributed by atoms with Crippen molar-refractivity contribution in [3.8, 4) is 11.1 Å². The summed E-state index contributed by atoms with van der Waals surface area (Å²) in [6.07, 6.45) is -0.626. The van der Waals surface area contributed by atoms with Gasteiger partial charge < -0.3 is 20.5 Å². The molecule has 0 saturated heterocycles. The van der Waals surface area contributed by atoms with Crippen LogP contribution in [0.2, 0.25) is 0 Å². The number of hydrogen-bond acceptors (Lipinski definition) is 4. The Balaban J connectivity index is 1.30. The Morgan fingerprint density at radius 1 is 0.882 bits per heavy atom. The number of rotatable bonds is 8. The fraction of sp³-hybridized carbons (Fsp3) is 0.222. The molecular formula is C27H26N2O5. The van der Waals surface area contributed by atoms with Gasteiger partial charge in [-0.1, -0.05) is 85.8 Å². The molecule has 0 bridgehead atoms. The molecule has 7 heteroatoms. The Labute approximate surface area is 197 Å². The highest BCUT2D eigenvalue weighted by atomic mass is 16.5. The van der Waals surface area contributed by atoms with Crippen molar-refractivity contribution in [1.82, 2.24) is 10.6 Å². The van der Waals surface area contributed by atoms with Crippen LogP contribution in [-0.2, 0) is 14.3 Å². The normalized spacial score (nSPS) is 13.8. The van der Waals surface area contributed by atoms with Crippen LogP contribution in [0.4, 0.5) is 4.79 Å². The first-order valence-electron chi connectivity index (χ1n) is 11.1. The predicted molar refractivity (Wildman–Crippen MR) is 127 cm³/mol. The van der Waals surface area contributed by atoms with E-state index in [2.05, 4.69) is 22.8 Å². The second-order valence-corrected chi connectivity index (χ2v) is 8.30. The Hall–Kier alpha value is -4.13. The van der Waals surface area contributed by atoms with Gasteiger partial charge in [0.1, 0.15) is 6.61 Å². The molecule has 7 nitrogen and oxygen atoms in total. The zero-order valence-electron chi connectivity index (χ0n) is 18.7. The molecule has 0 spiro atoms. The molecule has 174 valence electrons. The van der Waals surface area contributed by atoms with Crippen LogP contribution >= 0.6 is 0 Å². The molecule has 0 radical (unpaired) electrons. The summed E-state index contributed by atoms with van der Waals surface area (Å²) in [7, 11) is 0. The minimum atomic E-state index is -1.16. The summed E-state index contributed by atoms with van der Waals surface area (Å²) < 4.78 is 5.48. The van der Waals surface area contributed by atoms with Crippen LogP contribution < -0.4 is 10.6 Å². The van der Waals surface area contributed by atoms with Gasteiger partial charge in [0, 0.05) is 12.5 Å². The topological polar surface area (TPSA) is 105 Å². The molecule has 3 aromatic carbocycles. The number of amides is 2. The third kappa shape index (κ3) is 4.93. The maximum absolute atomic E-state index is 12.5. The molecule has 0 aliphatic heterocycles. The van der Waals surface area contributed by atoms with Gasteiger partial charge in [0.15, 0.2) is 6.04 Å². The van der Waals surface area contributed by atoms with E-state index in [-0.39, 0.29) is 19.1 Å². The largest absolute Gasteiger partial charge is 0.479 e. The maximum Gasteiger partial charge on any atom is 0.407 e. The summed E-state index contributed by atoms with van der Waals surface area (Å²) in [5.74, 6) is -2.33. The summed E-state index contributed by atoms with van der Waals surface area (Å²) in [5.41, 5.74) is 4.99. The molecule has 0 heterocycles. The van der Waals surface area contributed by atoms with E-state index in [9.17, 15) is 19.5 Å². The number of carboxylic acids is 1. The highest BCUT2D eigenvalue weighted by Crippen LogP contribution is 2.44. The molecule has 1 aliphatic carbocycles. The van der Waals surface area contributed by atoms with Gasteiger partial charge in [-0.2, -0.15) is 0 Å². The molecule has 3 N–H and O–H groups in total. The van der Waals surface area contributed by atoms with Crippen molar-refractivity contribution >= 4 is 18.0 Å². The van der Waals surface area contributed by atoms with Gasteiger partial charge in [-0.25, -0.2) is 9.59 Å². The summed E-state index contributed by atoms with van der Waals surface area (Å²) in [6, 6.07) is 23.4. The van der Waals surface area contributed by atoms with E-state index < -0.39 is 29.9 Å². The minimum absolute atomic E-state index is 0.0175. The number of carbonyl (C=O) groups excluding carboxylic acids is 2. The first kappa shape index (κ1) is 23.0. The van der Waals surface area contributed by atoms with Gasteiger partial charge in [0.25, 0.3) is 0 Å². The van der Waals surface area contributed by atoms with Crippen molar-refractivity contribution < 1.29 is 24.2 Å². The van der Waals surface area contributed by atoms with Crippen LogP contribution in [0.3, 0.4) is 0 Å². The lowest BCUT2D eigenvalue weighted by Crippen LogP contribution is -2.41. The van der Waals surface area contributed by atoms with Crippen LogP contribution in [0.1, 0.15) is 35.6 Å². The number of ether oxygens (including phenoxy) is 1. The van der Waals surface area contributed by atoms with Crippen molar-refractivity contribution in [3.63, 3.8) is 0 Å². The average Bonchev–Trinajstić information content (AvgIpc) is 3.18. The molecule has 3 aromatic rings. The first-order chi connectivity index (χ1) is 16.5. The predicted octanol–water partition coefficient (Wildman–Crippen LogP) is 4.10. The zero-order chi connectivity index (χ0) is 24.1. The summed E-state index contributed by atoms with van der Waals surface area (Å²) in [5, 5.41) is 14.6. The SMILES string of the molecule is CC(CNC(=O)OCC1c2ccccc2-c2ccccc21)C(=O)N[C@H](C(=O)O)c1ccccc1. The molecule has 0 saturated carbocycles. The molecule has 4 rings (SSSR count). The van der Waals surface area contributed by atoms with E-state index in [1.165, 1.54) is 0 Å². The van der Waals surface area contributed by atoms with Crippen molar-refractivity contribution in [2.45, 2.75) is 18.9 Å². The standard InChI is InChI=1S/C27H26N2O5/c1-17(25(30)29-24(26(31)32)18-9-3-2-4-10-18)15-28-27(33)34-16-23-21-13-7-5-11-19(21)20-12-6-8-14-22(20)23/h2-14,17,23-24H,15-16H2,1H3,(H,28,33)(H,29,30)(H,31,32)/t17?,24-/m0/s1. The number of fused-ring (bicyclic) bond motifs is 3. The van der Waals surface area contributed by atoms with Gasteiger partial charge in [0.2, 0.25) is 5.91 Å². The van der Waals surface area contributed by atoms with E-state index in [1.54, 1.807) is 37.3 Å². The van der Waals surface area contributed by atoms with Crippen molar-refractivity contribution in [1.29, 1.82) is 0 Å². The summed E-state index contributed by atoms with van der Waals surface area (Å²) in [4.78, 5) is 36.5. The van der Waals surface area contributed by atoms with E-state index in [0.717, 1.165) is 22.3 Å². The second-order valence-electron chi connectivity index (χ2n) is 8.30. The Bertz CT molecular complexity index is 1150. The van der Waals surface area contributed by atoms with Gasteiger partial charge in [-0.05, 0) is 27.8 Å². The number of benzene rings is 3. The third-order valence-corrected chi connectivity index (χ3v) is 6.01. The Morgan fingerprint density at radius 2 is 1.44 bits per heavy atom. The smallest absolute Gasteiger partial charge is 0.407 e. The molecule has 2 amide bonds. The highest BCUT2D eigenvalue weighted by Gasteiger charge is 2.29. The molecule has 1 aliphatic rings. The highest BCUT2D eigenvalue weighted by molar-refractivity contribution is 5.86. The van der Waals surface area contributed by atoms with E-state index in [1.807, 2.05) is 36.4 Å². The molecular weight excluding hydrogens is 432 g/mol. The summed E-state index contributed by atoms with van der Waals surface area (Å²) >= 11 is 0. The van der Waals surface area contributed by atoms with Gasteiger partial charge in [-0.3, -0.25) is 4.79 Å². The lowest BCUT2D eigenvalue weighted by molar-refractivity contribution is -0.142. The first-order valence-corrected chi connectivity index (χ1v) is 11.1. The van der Waals surface area contributed by atoms with Crippen LogP contribution in [-0.4, -0.2) is 36.2 Å². The minimum Gasteiger partial charge on any atom is -0.479 e. The lowest BCUT2D eigenvalue weighted by atomic mass is 9.98. The van der Waals surface area contributed by atoms with E-state index in [0.29, 0.717) is 5.56 Å². The number of nitrogens with one attached hydrogen (secondary N) is 2. The van der Waals surface area contributed by atoms with Crippen molar-refractivity contribution in [3.05, 3.63) is 95.6 Å². The molecule has 0 aromatic heterocycles. The Kier molecular flexibility index (Phi) is 6.92. The molecule has 0 fully saturated rings. The quantitative estimate of drug-likeness (QED) is 0.471. The van der Waals surface area contributed by atoms with Gasteiger partial charge in [-0.15, -0.1) is 0 Å². The van der Waals surface area contributed by atoms with Gasteiger partial charge >= 0.3 is 12.1 Å². The fourth-order valence-electron chi connectivity index (χ4n) is 4.20. The van der Waals surface area contributed by atoms with Crippen LogP contribution in [0, 0.1) is 5.92 Å². The van der Waals surface area contributed by atoms with Crippen molar-refractivity contribution in [2.24, 2.45) is 5.92 Å². The molecule has 1 unspecified atom stereocenters. The lowest BCUT2D eigenvalue weighted by Gasteiger charge is -2.19. The average molecular weight is 459 g/mol. The molecule has 2 atom stereocenters. The number of hydrogen-bond donors (Lipinski definition) is 3. The fourth-order valence-corrected chi connectivity index (χ4v) is 4.20. The third-order valence-electron chi connectivity index (χ3n) is 6.01. The van der Waals surface area contributed by atoms with Crippen LogP contribution in [0.15, 0.2) is 78.9 Å². The number of carbonyl (C=O) groups is 3. The van der Waals surface area contributed by atoms with Crippen LogP contribution in [0.5, 0.6) is 0 Å². The van der Waals surface area contributed by atoms with E-state index in [4.69, 9.17) is 4.74 Å². The number of aliphatic carboxylic acids is 1. The van der Waals surface area contributed by atoms with Gasteiger partial charge in [0.05, 0.1) is 5.92 Å². The zero-order valence-corrected chi connectivity index (χ0v) is 18.7. The second kappa shape index (κ2) is 10.2. The Morgan fingerprint density at radius 3 is 2.03 bits per heavy atom. The summed E-state index contributed by atoms with van der Waals surface area (Å²) in [6.45, 7) is 1.81. The molecule has 34 heavy (non-hydrogen) atoms. The van der Waals surface area contributed by atoms with Crippen molar-refractivity contribution in [2.75, 3.05) is 13.2 Å². The maximum atomic E-state index is 12.5.